The number of para-hydroxylation sites is 1. The van der Waals surface area contributed by atoms with Gasteiger partial charge in [-0.3, -0.25) is 4.79 Å². The van der Waals surface area contributed by atoms with Gasteiger partial charge < -0.3 is 20.3 Å². The van der Waals surface area contributed by atoms with Crippen LogP contribution in [-0.2, 0) is 4.79 Å². The number of nitrogens with one attached hydrogen (secondary N) is 2. The molecule has 0 aliphatic heterocycles. The number of anilines is 1. The highest BCUT2D eigenvalue weighted by Crippen LogP contribution is 2.35. The van der Waals surface area contributed by atoms with Crippen molar-refractivity contribution >= 4 is 38.8 Å². The maximum atomic E-state index is 12.2. The second kappa shape index (κ2) is 7.92. The summed E-state index contributed by atoms with van der Waals surface area (Å²) < 4.78 is 5.98. The number of fused-ring (bicyclic) bond motifs is 1. The molecule has 4 N–H and O–H groups in total. The number of phenols is 2. The van der Waals surface area contributed by atoms with E-state index in [0.29, 0.717) is 10.7 Å². The summed E-state index contributed by atoms with van der Waals surface area (Å²) in [6.45, 7) is 1.70. The van der Waals surface area contributed by atoms with Gasteiger partial charge in [0.25, 0.3) is 5.91 Å². The lowest BCUT2D eigenvalue weighted by atomic mass is 10.2. The van der Waals surface area contributed by atoms with Crippen molar-refractivity contribution in [3.8, 4) is 17.2 Å². The first-order valence-corrected chi connectivity index (χ1v) is 8.84. The number of carbonyl (C=O) groups is 1. The molecule has 0 fully saturated rings. The minimum atomic E-state index is -0.550. The van der Waals surface area contributed by atoms with Crippen LogP contribution in [-0.4, -0.2) is 40.5 Å². The van der Waals surface area contributed by atoms with E-state index in [1.54, 1.807) is 6.92 Å². The van der Waals surface area contributed by atoms with Gasteiger partial charge in [-0.1, -0.05) is 23.5 Å². The Labute approximate surface area is 159 Å². The molecule has 3 rings (SSSR count). The summed E-state index contributed by atoms with van der Waals surface area (Å²) in [5.74, 6) is -0.936. The molecule has 0 saturated heterocycles. The maximum absolute atomic E-state index is 12.2. The fourth-order valence-electron chi connectivity index (χ4n) is 2.30. The lowest BCUT2D eigenvalue weighted by Gasteiger charge is -2.10. The minimum absolute atomic E-state index is 0.105. The summed E-state index contributed by atoms with van der Waals surface area (Å²) in [4.78, 5) is 16.6. The van der Waals surface area contributed by atoms with Crippen LogP contribution in [0.25, 0.3) is 10.2 Å². The summed E-state index contributed by atoms with van der Waals surface area (Å²) in [5.41, 5.74) is 3.74. The first-order chi connectivity index (χ1) is 13.0. The van der Waals surface area contributed by atoms with E-state index in [0.717, 1.165) is 10.2 Å². The molecule has 8 nitrogen and oxygen atoms in total. The molecular formula is C18H18N4O4S. The lowest BCUT2D eigenvalue weighted by Crippen LogP contribution is -2.34. The third-order valence-electron chi connectivity index (χ3n) is 3.71. The number of hydrazone groups is 1. The van der Waals surface area contributed by atoms with Crippen LogP contribution in [0.4, 0.5) is 5.13 Å². The molecule has 3 aromatic rings. The van der Waals surface area contributed by atoms with Crippen LogP contribution in [0.15, 0.2) is 41.5 Å². The highest BCUT2D eigenvalue weighted by atomic mass is 32.1. The largest absolute Gasteiger partial charge is 0.504 e. The molecule has 0 aliphatic carbocycles. The second-order valence-electron chi connectivity index (χ2n) is 5.68. The number of thiazole rings is 1. The Bertz CT molecular complexity index is 969. The number of aromatic hydroxyl groups is 2. The van der Waals surface area contributed by atoms with Crippen molar-refractivity contribution in [1.29, 1.82) is 0 Å². The predicted octanol–water partition coefficient (Wildman–Crippen LogP) is 2.67. The monoisotopic (exact) mass is 386 g/mol. The van der Waals surface area contributed by atoms with Gasteiger partial charge in [-0.15, -0.1) is 0 Å². The molecular weight excluding hydrogens is 368 g/mol. The van der Waals surface area contributed by atoms with Crippen LogP contribution in [0.2, 0.25) is 0 Å². The van der Waals surface area contributed by atoms with Crippen molar-refractivity contribution in [2.75, 3.05) is 12.4 Å². The highest BCUT2D eigenvalue weighted by molar-refractivity contribution is 7.22. The number of phenolic OH excluding ortho intramolecular Hbond substituents is 2. The molecule has 140 valence electrons. The van der Waals surface area contributed by atoms with Crippen LogP contribution >= 0.6 is 11.3 Å². The Morgan fingerprint density at radius 1 is 1.33 bits per heavy atom. The molecule has 9 heteroatoms. The summed E-state index contributed by atoms with van der Waals surface area (Å²) in [6, 6.07) is 9.95. The fraction of sp³-hybridized carbons (Fsp3) is 0.167. The molecule has 1 atom stereocenters. The van der Waals surface area contributed by atoms with Crippen molar-refractivity contribution in [1.82, 2.24) is 10.4 Å². The zero-order chi connectivity index (χ0) is 19.4. The maximum Gasteiger partial charge on any atom is 0.262 e. The van der Waals surface area contributed by atoms with Crippen LogP contribution in [0, 0.1) is 0 Å². The molecule has 27 heavy (non-hydrogen) atoms. The van der Waals surface area contributed by atoms with Crippen molar-refractivity contribution in [3.63, 3.8) is 0 Å². The van der Waals surface area contributed by atoms with E-state index < -0.39 is 6.04 Å². The number of methoxy groups -OCH3 is 1. The summed E-state index contributed by atoms with van der Waals surface area (Å²) in [7, 11) is 1.37. The Balaban J connectivity index is 1.61. The van der Waals surface area contributed by atoms with Gasteiger partial charge in [0.1, 0.15) is 6.04 Å². The molecule has 1 amide bonds. The van der Waals surface area contributed by atoms with Crippen LogP contribution in [0.5, 0.6) is 17.2 Å². The SMILES string of the molecule is COc1cc(/C=N/NC(=O)[C@@H](C)Nc2nc3ccccc3s2)cc(O)c1O. The van der Waals surface area contributed by atoms with Gasteiger partial charge in [0.15, 0.2) is 16.6 Å². The van der Waals surface area contributed by atoms with E-state index in [1.165, 1.54) is 36.8 Å². The molecule has 0 unspecified atom stereocenters. The van der Waals surface area contributed by atoms with Gasteiger partial charge in [-0.25, -0.2) is 10.4 Å². The predicted molar refractivity (Wildman–Crippen MR) is 105 cm³/mol. The Morgan fingerprint density at radius 2 is 2.11 bits per heavy atom. The number of benzene rings is 2. The van der Waals surface area contributed by atoms with E-state index >= 15 is 0 Å². The number of hydrogen-bond donors (Lipinski definition) is 4. The zero-order valence-corrected chi connectivity index (χ0v) is 15.4. The number of hydrogen-bond acceptors (Lipinski definition) is 8. The summed E-state index contributed by atoms with van der Waals surface area (Å²) >= 11 is 1.46. The van der Waals surface area contributed by atoms with Gasteiger partial charge in [-0.2, -0.15) is 5.10 Å². The third-order valence-corrected chi connectivity index (χ3v) is 4.68. The summed E-state index contributed by atoms with van der Waals surface area (Å²) in [6.07, 6.45) is 1.34. The van der Waals surface area contributed by atoms with E-state index in [2.05, 4.69) is 20.8 Å². The normalized spacial score (nSPS) is 12.2. The van der Waals surface area contributed by atoms with E-state index in [4.69, 9.17) is 4.74 Å². The Morgan fingerprint density at radius 3 is 2.85 bits per heavy atom. The average Bonchev–Trinajstić information content (AvgIpc) is 3.06. The fourth-order valence-corrected chi connectivity index (χ4v) is 3.25. The van der Waals surface area contributed by atoms with Gasteiger partial charge in [0.05, 0.1) is 23.5 Å². The second-order valence-corrected chi connectivity index (χ2v) is 6.71. The molecule has 0 saturated carbocycles. The molecule has 0 bridgehead atoms. The van der Waals surface area contributed by atoms with Crippen LogP contribution in [0.1, 0.15) is 12.5 Å². The van der Waals surface area contributed by atoms with Crippen molar-refractivity contribution in [3.05, 3.63) is 42.0 Å². The number of aromatic nitrogens is 1. The van der Waals surface area contributed by atoms with Crippen LogP contribution in [0.3, 0.4) is 0 Å². The Hall–Kier alpha value is -3.33. The first-order valence-electron chi connectivity index (χ1n) is 8.03. The van der Waals surface area contributed by atoms with Gasteiger partial charge >= 0.3 is 0 Å². The number of carbonyl (C=O) groups excluding carboxylic acids is 1. The third kappa shape index (κ3) is 4.26. The quantitative estimate of drug-likeness (QED) is 0.294. The van der Waals surface area contributed by atoms with Crippen molar-refractivity contribution in [2.45, 2.75) is 13.0 Å². The smallest absolute Gasteiger partial charge is 0.262 e. The molecule has 0 radical (unpaired) electrons. The molecule has 2 aromatic carbocycles. The van der Waals surface area contributed by atoms with E-state index in [1.807, 2.05) is 24.3 Å². The molecule has 0 aliphatic rings. The number of rotatable bonds is 6. The van der Waals surface area contributed by atoms with E-state index in [-0.39, 0.29) is 23.2 Å². The molecule has 0 spiro atoms. The van der Waals surface area contributed by atoms with Gasteiger partial charge in [0, 0.05) is 5.56 Å². The van der Waals surface area contributed by atoms with Crippen molar-refractivity contribution in [2.24, 2.45) is 5.10 Å². The topological polar surface area (TPSA) is 116 Å². The number of nitrogens with zero attached hydrogens (tertiary/aromatic N) is 2. The summed E-state index contributed by atoms with van der Waals surface area (Å²) in [5, 5.41) is 26.8. The number of amides is 1. The standard InChI is InChI=1S/C18H18N4O4S/c1-10(20-18-21-12-5-3-4-6-15(12)27-18)17(25)22-19-9-11-7-13(23)16(24)14(8-11)26-2/h3-10,23-24H,1-2H3,(H,20,21)(H,22,25)/b19-9+/t10-/m1/s1. The molecule has 1 aromatic heterocycles. The van der Waals surface area contributed by atoms with Crippen LogP contribution < -0.4 is 15.5 Å². The zero-order valence-electron chi connectivity index (χ0n) is 14.6. The minimum Gasteiger partial charge on any atom is -0.504 e. The van der Waals surface area contributed by atoms with Gasteiger partial charge in [-0.05, 0) is 31.2 Å². The van der Waals surface area contributed by atoms with Crippen molar-refractivity contribution < 1.29 is 19.7 Å². The van der Waals surface area contributed by atoms with Gasteiger partial charge in [0.2, 0.25) is 5.75 Å². The first kappa shape index (κ1) is 18.5. The lowest BCUT2D eigenvalue weighted by molar-refractivity contribution is -0.121. The average molecular weight is 386 g/mol. The van der Waals surface area contributed by atoms with E-state index in [9.17, 15) is 15.0 Å². The Kier molecular flexibility index (Phi) is 5.41. The molecule has 1 heterocycles. The highest BCUT2D eigenvalue weighted by Gasteiger charge is 2.14. The number of ether oxygens (including phenoxy) is 1.